The number of alkyl halides is 3. The third-order valence-corrected chi connectivity index (χ3v) is 6.33. The lowest BCUT2D eigenvalue weighted by atomic mass is 10.2. The lowest BCUT2D eigenvalue weighted by Gasteiger charge is -2.03. The van der Waals surface area contributed by atoms with Gasteiger partial charge in [-0.25, -0.2) is 9.67 Å². The van der Waals surface area contributed by atoms with Gasteiger partial charge in [0.25, 0.3) is 5.82 Å². The van der Waals surface area contributed by atoms with Crippen LogP contribution in [0.2, 0.25) is 0 Å². The molecule has 0 amide bonds. The van der Waals surface area contributed by atoms with Gasteiger partial charge in [-0.05, 0) is 36.0 Å². The fourth-order valence-corrected chi connectivity index (χ4v) is 4.18. The molecule has 0 aromatic carbocycles. The normalized spacial score (nSPS) is 11.5. The van der Waals surface area contributed by atoms with Crippen molar-refractivity contribution in [2.24, 2.45) is 0 Å². The SMILES string of the molecule is N#CSCn1nc(C(F)(F)F)nc1-c1ccc(-c2ccc(SS)s2)cn1. The van der Waals surface area contributed by atoms with Crippen molar-refractivity contribution in [2.45, 2.75) is 16.3 Å². The van der Waals surface area contributed by atoms with Crippen LogP contribution in [-0.4, -0.2) is 19.7 Å². The Morgan fingerprint density at radius 2 is 2.08 bits per heavy atom. The van der Waals surface area contributed by atoms with E-state index in [1.165, 1.54) is 22.1 Å². The van der Waals surface area contributed by atoms with Gasteiger partial charge in [0.05, 0.1) is 4.21 Å². The van der Waals surface area contributed by atoms with E-state index in [0.717, 1.165) is 31.1 Å². The predicted molar refractivity (Wildman–Crippen MR) is 99.6 cm³/mol. The van der Waals surface area contributed by atoms with Crippen molar-refractivity contribution in [3.63, 3.8) is 0 Å². The van der Waals surface area contributed by atoms with Gasteiger partial charge < -0.3 is 0 Å². The lowest BCUT2D eigenvalue weighted by Crippen LogP contribution is -2.08. The number of halogens is 3. The molecule has 0 N–H and O–H groups in total. The first-order valence-electron chi connectivity index (χ1n) is 6.83. The number of hydrogen-bond donors (Lipinski definition) is 1. The van der Waals surface area contributed by atoms with Gasteiger partial charge in [0, 0.05) is 16.6 Å². The number of nitrogens with zero attached hydrogens (tertiary/aromatic N) is 5. The molecule has 5 nitrogen and oxygen atoms in total. The molecule has 0 aliphatic rings. The Kier molecular flexibility index (Phi) is 5.81. The summed E-state index contributed by atoms with van der Waals surface area (Å²) < 4.78 is 40.8. The minimum atomic E-state index is -4.67. The zero-order valence-electron chi connectivity index (χ0n) is 12.6. The van der Waals surface area contributed by atoms with Crippen molar-refractivity contribution in [3.05, 3.63) is 36.3 Å². The average Bonchev–Trinajstić information content (AvgIpc) is 3.27. The van der Waals surface area contributed by atoms with Gasteiger partial charge in [-0.15, -0.1) is 28.1 Å². The summed E-state index contributed by atoms with van der Waals surface area (Å²) in [5.74, 6) is -1.37. The molecule has 0 radical (unpaired) electrons. The fourth-order valence-electron chi connectivity index (χ4n) is 2.03. The molecule has 0 saturated heterocycles. The van der Waals surface area contributed by atoms with Crippen LogP contribution in [0.25, 0.3) is 22.0 Å². The molecule has 26 heavy (non-hydrogen) atoms. The van der Waals surface area contributed by atoms with E-state index in [2.05, 4.69) is 26.7 Å². The number of thiophene rings is 1. The highest BCUT2D eigenvalue weighted by atomic mass is 33.1. The fraction of sp³-hybridized carbons (Fsp3) is 0.143. The Hall–Kier alpha value is -1.68. The molecule has 0 unspecified atom stereocenters. The maximum Gasteiger partial charge on any atom is 0.453 e. The molecule has 0 bridgehead atoms. The summed E-state index contributed by atoms with van der Waals surface area (Å²) in [5.41, 5.74) is 1.08. The van der Waals surface area contributed by atoms with Crippen LogP contribution in [0.15, 0.2) is 34.7 Å². The number of rotatable bonds is 5. The van der Waals surface area contributed by atoms with E-state index >= 15 is 0 Å². The first-order chi connectivity index (χ1) is 12.4. The molecule has 0 spiro atoms. The van der Waals surface area contributed by atoms with Crippen LogP contribution < -0.4 is 0 Å². The topological polar surface area (TPSA) is 67.4 Å². The maximum atomic E-state index is 12.9. The first kappa shape index (κ1) is 19.1. The van der Waals surface area contributed by atoms with Gasteiger partial charge in [-0.1, -0.05) is 10.8 Å². The van der Waals surface area contributed by atoms with Gasteiger partial charge in [0.1, 0.15) is 17.0 Å². The summed E-state index contributed by atoms with van der Waals surface area (Å²) in [5, 5.41) is 13.9. The van der Waals surface area contributed by atoms with E-state index in [-0.39, 0.29) is 17.4 Å². The second kappa shape index (κ2) is 7.91. The van der Waals surface area contributed by atoms with Crippen LogP contribution in [0, 0.1) is 10.7 Å². The van der Waals surface area contributed by atoms with Crippen LogP contribution >= 0.6 is 45.6 Å². The van der Waals surface area contributed by atoms with Gasteiger partial charge in [0.15, 0.2) is 5.82 Å². The number of nitriles is 1. The molecule has 3 rings (SSSR count). The Labute approximate surface area is 163 Å². The Morgan fingerprint density at radius 3 is 2.65 bits per heavy atom. The third-order valence-electron chi connectivity index (χ3n) is 3.13. The van der Waals surface area contributed by atoms with E-state index in [1.807, 2.05) is 12.1 Å². The molecular weight excluding hydrogens is 423 g/mol. The summed E-state index contributed by atoms with van der Waals surface area (Å²) in [4.78, 5) is 8.75. The van der Waals surface area contributed by atoms with Gasteiger partial charge in [0.2, 0.25) is 0 Å². The van der Waals surface area contributed by atoms with Gasteiger partial charge >= 0.3 is 6.18 Å². The molecule has 0 aliphatic carbocycles. The van der Waals surface area contributed by atoms with Crippen LogP contribution in [0.1, 0.15) is 5.82 Å². The zero-order chi connectivity index (χ0) is 18.7. The molecular formula is C14H8F3N5S4. The third kappa shape index (κ3) is 4.17. The minimum absolute atomic E-state index is 0.0376. The monoisotopic (exact) mass is 431 g/mol. The van der Waals surface area contributed by atoms with Gasteiger partial charge in [-0.2, -0.15) is 18.4 Å². The van der Waals surface area contributed by atoms with Crippen molar-refractivity contribution in [2.75, 3.05) is 0 Å². The predicted octanol–water partition coefficient (Wildman–Crippen LogP) is 5.20. The van der Waals surface area contributed by atoms with E-state index in [4.69, 9.17) is 5.26 Å². The Morgan fingerprint density at radius 1 is 1.27 bits per heavy atom. The number of pyridine rings is 1. The largest absolute Gasteiger partial charge is 0.453 e. The average molecular weight is 432 g/mol. The molecule has 0 aliphatic heterocycles. The minimum Gasteiger partial charge on any atom is -0.252 e. The number of thiocyanates is 1. The molecule has 3 aromatic heterocycles. The van der Waals surface area contributed by atoms with E-state index in [1.54, 1.807) is 23.7 Å². The molecule has 0 atom stereocenters. The summed E-state index contributed by atoms with van der Waals surface area (Å²) >= 11 is 6.44. The van der Waals surface area contributed by atoms with Crippen molar-refractivity contribution >= 4 is 45.6 Å². The smallest absolute Gasteiger partial charge is 0.252 e. The molecule has 0 saturated carbocycles. The lowest BCUT2D eigenvalue weighted by molar-refractivity contribution is -0.144. The second-order valence-corrected chi connectivity index (χ2v) is 8.00. The first-order valence-corrected chi connectivity index (χ1v) is 10.5. The maximum absolute atomic E-state index is 12.9. The van der Waals surface area contributed by atoms with Gasteiger partial charge in [-0.3, -0.25) is 4.98 Å². The van der Waals surface area contributed by atoms with E-state index in [9.17, 15) is 13.2 Å². The highest BCUT2D eigenvalue weighted by Crippen LogP contribution is 2.35. The molecule has 12 heteroatoms. The van der Waals surface area contributed by atoms with E-state index < -0.39 is 12.0 Å². The number of aromatic nitrogens is 4. The second-order valence-electron chi connectivity index (χ2n) is 4.76. The highest BCUT2D eigenvalue weighted by molar-refractivity contribution is 8.69. The van der Waals surface area contributed by atoms with Crippen LogP contribution in [0.5, 0.6) is 0 Å². The number of hydrogen-bond acceptors (Lipinski definition) is 8. The zero-order valence-corrected chi connectivity index (χ0v) is 16.0. The Bertz CT molecular complexity index is 943. The summed E-state index contributed by atoms with van der Waals surface area (Å²) in [6.07, 6.45) is -3.10. The van der Waals surface area contributed by atoms with Crippen molar-refractivity contribution < 1.29 is 13.2 Å². The highest BCUT2D eigenvalue weighted by Gasteiger charge is 2.37. The molecule has 3 aromatic rings. The van der Waals surface area contributed by atoms with Crippen molar-refractivity contribution in [1.29, 1.82) is 5.26 Å². The van der Waals surface area contributed by atoms with Crippen LogP contribution in [-0.2, 0) is 12.1 Å². The quantitative estimate of drug-likeness (QED) is 0.340. The number of thiol groups is 1. The Balaban J connectivity index is 1.95. The van der Waals surface area contributed by atoms with Crippen molar-refractivity contribution in [3.8, 4) is 27.4 Å². The van der Waals surface area contributed by atoms with E-state index in [0.29, 0.717) is 0 Å². The van der Waals surface area contributed by atoms with Crippen LogP contribution in [0.3, 0.4) is 0 Å². The molecule has 0 fully saturated rings. The summed E-state index contributed by atoms with van der Waals surface area (Å²) in [6.45, 7) is 0. The standard InChI is InChI=1S/C14H8F3N5S4/c15-14(16,17)13-20-12(22(21-13)7-24-6-18)9-2-1-8(5-19-9)10-3-4-11(25-10)26-23/h1-5,23H,7H2. The number of thioether (sulfide) groups is 1. The molecule has 3 heterocycles. The van der Waals surface area contributed by atoms with Crippen LogP contribution in [0.4, 0.5) is 13.2 Å². The van der Waals surface area contributed by atoms with Crippen molar-refractivity contribution in [1.82, 2.24) is 19.7 Å². The summed E-state index contributed by atoms with van der Waals surface area (Å²) in [6, 6.07) is 7.19. The summed E-state index contributed by atoms with van der Waals surface area (Å²) in [7, 11) is 1.33. The molecule has 134 valence electrons.